The van der Waals surface area contributed by atoms with E-state index in [2.05, 4.69) is 41.5 Å². The first kappa shape index (κ1) is 15.3. The van der Waals surface area contributed by atoms with Gasteiger partial charge < -0.3 is 0 Å². The smallest absolute Gasteiger partial charge is 0.156 e. The van der Waals surface area contributed by atoms with E-state index < -0.39 is 8.03 Å². The zero-order valence-electron chi connectivity index (χ0n) is 12.2. The van der Waals surface area contributed by atoms with E-state index >= 15 is 0 Å². The molecule has 3 heteroatoms. The number of hydrogen-bond acceptors (Lipinski definition) is 1. The van der Waals surface area contributed by atoms with Crippen LogP contribution in [0.3, 0.4) is 0 Å². The predicted octanol–water partition coefficient (Wildman–Crippen LogP) is 4.42. The molecule has 0 aliphatic heterocycles. The van der Waals surface area contributed by atoms with Crippen LogP contribution in [0, 0.1) is 0 Å². The minimum atomic E-state index is -2.27. The van der Waals surface area contributed by atoms with Crippen LogP contribution in [0.5, 0.6) is 0 Å². The minimum Gasteiger partial charge on any atom is -0.156 e. The molecule has 1 unspecified atom stereocenters. The Morgan fingerprint density at radius 3 is 1.72 bits per heavy atom. The van der Waals surface area contributed by atoms with Crippen molar-refractivity contribution in [1.82, 2.24) is 0 Å². The topological polar surface area (TPSA) is 37.3 Å². The Bertz CT molecular complexity index is 448. The molecule has 18 heavy (non-hydrogen) atoms. The highest BCUT2D eigenvalue weighted by atomic mass is 31.1. The zero-order valence-corrected chi connectivity index (χ0v) is 13.1. The van der Waals surface area contributed by atoms with Crippen LogP contribution in [0.25, 0.3) is 0 Å². The molecule has 0 fully saturated rings. The highest BCUT2D eigenvalue weighted by molar-refractivity contribution is 7.47. The van der Waals surface area contributed by atoms with Crippen molar-refractivity contribution in [3.8, 4) is 0 Å². The Hall–Kier alpha value is -0.720. The van der Waals surface area contributed by atoms with Crippen LogP contribution in [0.2, 0.25) is 0 Å². The molecule has 0 saturated carbocycles. The molecule has 1 aromatic carbocycles. The van der Waals surface area contributed by atoms with Crippen molar-refractivity contribution < 1.29 is 9.46 Å². The molecule has 2 nitrogen and oxygen atoms in total. The maximum atomic E-state index is 11.5. The number of hydrogen-bond donors (Lipinski definition) is 1. The fourth-order valence-electron chi connectivity index (χ4n) is 2.56. The lowest BCUT2D eigenvalue weighted by molar-refractivity contribution is 0.512. The molecular weight excluding hydrogens is 243 g/mol. The molecule has 0 spiro atoms. The SMILES string of the molecule is CC(C)c1ccc([P+](=O)O)c(C(C)C)c1C(C)C. The molecule has 1 aromatic rings. The van der Waals surface area contributed by atoms with Gasteiger partial charge in [-0.3, -0.25) is 0 Å². The standard InChI is InChI=1S/C15H23O2P/c1-9(2)12-7-8-13(18(16)17)15(11(5)6)14(12)10(3)4/h7-11H,1-6H3/p+1. The van der Waals surface area contributed by atoms with Crippen molar-refractivity contribution in [3.63, 3.8) is 0 Å². The lowest BCUT2D eigenvalue weighted by Gasteiger charge is -2.21. The van der Waals surface area contributed by atoms with E-state index in [1.54, 1.807) is 0 Å². The normalized spacial score (nSPS) is 12.7. The summed E-state index contributed by atoms with van der Waals surface area (Å²) >= 11 is 0. The Labute approximate surface area is 111 Å². The average molecular weight is 267 g/mol. The van der Waals surface area contributed by atoms with Gasteiger partial charge in [-0.25, -0.2) is 0 Å². The Morgan fingerprint density at radius 1 is 0.889 bits per heavy atom. The molecule has 0 aromatic heterocycles. The van der Waals surface area contributed by atoms with E-state index in [9.17, 15) is 9.46 Å². The largest absolute Gasteiger partial charge is 0.546 e. The molecule has 1 N–H and O–H groups in total. The van der Waals surface area contributed by atoms with Crippen LogP contribution in [-0.4, -0.2) is 4.89 Å². The third-order valence-corrected chi connectivity index (χ3v) is 4.08. The third kappa shape index (κ3) is 2.99. The molecule has 0 heterocycles. The summed E-state index contributed by atoms with van der Waals surface area (Å²) in [6.45, 7) is 12.8. The van der Waals surface area contributed by atoms with Crippen molar-refractivity contribution in [2.45, 2.75) is 59.3 Å². The summed E-state index contributed by atoms with van der Waals surface area (Å²) in [5, 5.41) is 0.605. The van der Waals surface area contributed by atoms with Crippen LogP contribution >= 0.6 is 8.03 Å². The highest BCUT2D eigenvalue weighted by Crippen LogP contribution is 2.35. The quantitative estimate of drug-likeness (QED) is 0.820. The second-order valence-electron chi connectivity index (χ2n) is 5.74. The molecule has 0 amide bonds. The first-order valence-electron chi connectivity index (χ1n) is 6.60. The van der Waals surface area contributed by atoms with Gasteiger partial charge in [-0.05, 0) is 39.5 Å². The van der Waals surface area contributed by atoms with Crippen LogP contribution in [0.15, 0.2) is 12.1 Å². The molecule has 1 atom stereocenters. The summed E-state index contributed by atoms with van der Waals surface area (Å²) in [5.41, 5.74) is 3.63. The van der Waals surface area contributed by atoms with Gasteiger partial charge in [0.05, 0.1) is 0 Å². The fraction of sp³-hybridized carbons (Fsp3) is 0.600. The highest BCUT2D eigenvalue weighted by Gasteiger charge is 2.29. The van der Waals surface area contributed by atoms with E-state index in [-0.39, 0.29) is 5.92 Å². The van der Waals surface area contributed by atoms with Crippen LogP contribution in [0.4, 0.5) is 0 Å². The molecule has 100 valence electrons. The van der Waals surface area contributed by atoms with Gasteiger partial charge in [0.1, 0.15) is 0 Å². The van der Waals surface area contributed by atoms with Crippen LogP contribution in [-0.2, 0) is 4.57 Å². The predicted molar refractivity (Wildman–Crippen MR) is 78.2 cm³/mol. The number of benzene rings is 1. The van der Waals surface area contributed by atoms with Gasteiger partial charge >= 0.3 is 8.03 Å². The van der Waals surface area contributed by atoms with E-state index in [1.807, 2.05) is 12.1 Å². The summed E-state index contributed by atoms with van der Waals surface area (Å²) in [4.78, 5) is 9.50. The van der Waals surface area contributed by atoms with Gasteiger partial charge in [0.2, 0.25) is 5.30 Å². The Balaban J connectivity index is 3.65. The molecule has 0 saturated heterocycles. The van der Waals surface area contributed by atoms with Crippen LogP contribution in [0.1, 0.15) is 76.0 Å². The Morgan fingerprint density at radius 2 is 1.39 bits per heavy atom. The summed E-state index contributed by atoms with van der Waals surface area (Å²) in [7, 11) is -2.27. The second-order valence-corrected chi connectivity index (χ2v) is 6.77. The van der Waals surface area contributed by atoms with E-state index in [4.69, 9.17) is 0 Å². The maximum Gasteiger partial charge on any atom is 0.546 e. The van der Waals surface area contributed by atoms with Crippen molar-refractivity contribution in [2.24, 2.45) is 0 Å². The average Bonchev–Trinajstić information content (AvgIpc) is 2.26. The minimum absolute atomic E-state index is 0.266. The Kier molecular flexibility index (Phi) is 5.07. The molecule has 0 aliphatic carbocycles. The van der Waals surface area contributed by atoms with Crippen molar-refractivity contribution in [3.05, 3.63) is 28.8 Å². The van der Waals surface area contributed by atoms with Gasteiger partial charge in [-0.15, -0.1) is 0 Å². The fourth-order valence-corrected chi connectivity index (χ4v) is 3.35. The summed E-state index contributed by atoms with van der Waals surface area (Å²) < 4.78 is 11.5. The summed E-state index contributed by atoms with van der Waals surface area (Å²) in [6.07, 6.45) is 0. The zero-order chi connectivity index (χ0) is 14.0. The van der Waals surface area contributed by atoms with Gasteiger partial charge in [0.15, 0.2) is 0 Å². The van der Waals surface area contributed by atoms with E-state index in [0.29, 0.717) is 17.1 Å². The second kappa shape index (κ2) is 5.95. The lowest BCUT2D eigenvalue weighted by Crippen LogP contribution is -2.15. The first-order chi connectivity index (χ1) is 8.27. The monoisotopic (exact) mass is 267 g/mol. The third-order valence-electron chi connectivity index (χ3n) is 3.28. The van der Waals surface area contributed by atoms with Crippen molar-refractivity contribution in [2.75, 3.05) is 0 Å². The van der Waals surface area contributed by atoms with Crippen molar-refractivity contribution in [1.29, 1.82) is 0 Å². The maximum absolute atomic E-state index is 11.5. The lowest BCUT2D eigenvalue weighted by atomic mass is 9.83. The van der Waals surface area contributed by atoms with E-state index in [0.717, 1.165) is 5.56 Å². The van der Waals surface area contributed by atoms with Gasteiger partial charge in [0.25, 0.3) is 0 Å². The van der Waals surface area contributed by atoms with Gasteiger partial charge in [0, 0.05) is 5.56 Å². The molecular formula is C15H24O2P+. The molecule has 0 aliphatic rings. The van der Waals surface area contributed by atoms with E-state index in [1.165, 1.54) is 11.1 Å². The van der Waals surface area contributed by atoms with Crippen molar-refractivity contribution >= 4 is 13.3 Å². The molecule has 0 radical (unpaired) electrons. The van der Waals surface area contributed by atoms with Gasteiger partial charge in [-0.1, -0.05) is 47.6 Å². The number of rotatable bonds is 4. The first-order valence-corrected chi connectivity index (χ1v) is 7.81. The molecule has 1 rings (SSSR count). The van der Waals surface area contributed by atoms with Gasteiger partial charge in [-0.2, -0.15) is 4.89 Å². The molecule has 0 bridgehead atoms. The summed E-state index contributed by atoms with van der Waals surface area (Å²) in [6, 6.07) is 3.85. The van der Waals surface area contributed by atoms with Crippen LogP contribution < -0.4 is 5.30 Å². The summed E-state index contributed by atoms with van der Waals surface area (Å²) in [5.74, 6) is 1.07.